The van der Waals surface area contributed by atoms with Crippen molar-refractivity contribution in [2.24, 2.45) is 0 Å². The first-order valence-corrected chi connectivity index (χ1v) is 7.34. The van der Waals surface area contributed by atoms with Crippen LogP contribution in [0.25, 0.3) is 10.8 Å². The molecule has 2 aromatic rings. The van der Waals surface area contributed by atoms with Crippen LogP contribution in [0.5, 0.6) is 0 Å². The number of terminal acetylenes is 1. The lowest BCUT2D eigenvalue weighted by atomic mass is 10.1. The summed E-state index contributed by atoms with van der Waals surface area (Å²) >= 11 is 0. The van der Waals surface area contributed by atoms with Crippen LogP contribution in [0, 0.1) is 12.3 Å². The molecule has 3 heteroatoms. The summed E-state index contributed by atoms with van der Waals surface area (Å²) in [7, 11) is 0. The quantitative estimate of drug-likeness (QED) is 0.774. The molecule has 0 unspecified atom stereocenters. The van der Waals surface area contributed by atoms with Crippen molar-refractivity contribution in [3.05, 3.63) is 42.5 Å². The Morgan fingerprint density at radius 2 is 1.86 bits per heavy atom. The van der Waals surface area contributed by atoms with E-state index in [0.717, 1.165) is 16.5 Å². The van der Waals surface area contributed by atoms with Crippen molar-refractivity contribution in [1.29, 1.82) is 0 Å². The molecular formula is C19H21NO2. The molecule has 0 bridgehead atoms. The zero-order valence-corrected chi connectivity index (χ0v) is 13.3. The van der Waals surface area contributed by atoms with Gasteiger partial charge in [0.25, 0.3) is 0 Å². The third kappa shape index (κ3) is 3.79. The van der Waals surface area contributed by atoms with Crippen molar-refractivity contribution >= 4 is 22.6 Å². The zero-order chi connectivity index (χ0) is 16.2. The number of ether oxygens (including phenoxy) is 1. The molecule has 0 spiro atoms. The topological polar surface area (TPSA) is 29.5 Å². The first-order valence-electron chi connectivity index (χ1n) is 7.34. The Balaban J connectivity index is 2.44. The van der Waals surface area contributed by atoms with Crippen molar-refractivity contribution in [2.45, 2.75) is 32.8 Å². The molecule has 2 aromatic carbocycles. The Morgan fingerprint density at radius 1 is 1.18 bits per heavy atom. The van der Waals surface area contributed by atoms with Gasteiger partial charge < -0.3 is 4.74 Å². The first kappa shape index (κ1) is 15.9. The van der Waals surface area contributed by atoms with Gasteiger partial charge in [-0.15, -0.1) is 12.3 Å². The molecule has 114 valence electrons. The number of carbonyl (C=O) groups is 1. The Labute approximate surface area is 131 Å². The van der Waals surface area contributed by atoms with E-state index >= 15 is 0 Å². The fourth-order valence-electron chi connectivity index (χ4n) is 2.25. The van der Waals surface area contributed by atoms with E-state index in [1.807, 2.05) is 63.2 Å². The second kappa shape index (κ2) is 6.53. The number of rotatable bonds is 3. The molecule has 0 N–H and O–H groups in total. The fraction of sp³-hybridized carbons (Fsp3) is 0.316. The number of anilines is 1. The number of hydrogen-bond acceptors (Lipinski definition) is 2. The van der Waals surface area contributed by atoms with Crippen molar-refractivity contribution in [1.82, 2.24) is 0 Å². The Kier molecular flexibility index (Phi) is 4.72. The Hall–Kier alpha value is -2.47. The van der Waals surface area contributed by atoms with Crippen LogP contribution in [-0.2, 0) is 4.74 Å². The van der Waals surface area contributed by atoms with Gasteiger partial charge in [-0.25, -0.2) is 4.79 Å². The molecule has 0 aromatic heterocycles. The summed E-state index contributed by atoms with van der Waals surface area (Å²) in [5.74, 6) is 2.58. The first-order chi connectivity index (χ1) is 10.4. The number of hydrogen-bond donors (Lipinski definition) is 0. The molecule has 0 atom stereocenters. The molecule has 0 saturated heterocycles. The molecular weight excluding hydrogens is 274 g/mol. The lowest BCUT2D eigenvalue weighted by Gasteiger charge is -2.28. The second-order valence-electron chi connectivity index (χ2n) is 6.08. The Morgan fingerprint density at radius 3 is 2.55 bits per heavy atom. The van der Waals surface area contributed by atoms with Gasteiger partial charge in [-0.05, 0) is 32.2 Å². The SMILES string of the molecule is C#CCCN(C(=O)OC(C)(C)C)c1cccc2ccccc12. The van der Waals surface area contributed by atoms with Crippen LogP contribution in [0.4, 0.5) is 10.5 Å². The van der Waals surface area contributed by atoms with Crippen LogP contribution in [0.2, 0.25) is 0 Å². The summed E-state index contributed by atoms with van der Waals surface area (Å²) in [4.78, 5) is 14.2. The Bertz CT molecular complexity index is 702. The van der Waals surface area contributed by atoms with Crippen LogP contribution in [0.1, 0.15) is 27.2 Å². The minimum atomic E-state index is -0.546. The maximum Gasteiger partial charge on any atom is 0.414 e. The van der Waals surface area contributed by atoms with Gasteiger partial charge in [0.05, 0.1) is 5.69 Å². The summed E-state index contributed by atoms with van der Waals surface area (Å²) in [6.45, 7) is 5.99. The molecule has 0 aliphatic heterocycles. The van der Waals surface area contributed by atoms with E-state index in [-0.39, 0.29) is 6.09 Å². The van der Waals surface area contributed by atoms with Crippen LogP contribution in [0.3, 0.4) is 0 Å². The average molecular weight is 295 g/mol. The highest BCUT2D eigenvalue weighted by Crippen LogP contribution is 2.28. The number of amides is 1. The largest absolute Gasteiger partial charge is 0.443 e. The van der Waals surface area contributed by atoms with E-state index in [9.17, 15) is 4.79 Å². The van der Waals surface area contributed by atoms with Crippen molar-refractivity contribution in [3.8, 4) is 12.3 Å². The lowest BCUT2D eigenvalue weighted by molar-refractivity contribution is 0.0581. The number of nitrogens with zero attached hydrogens (tertiary/aromatic N) is 1. The van der Waals surface area contributed by atoms with Crippen LogP contribution < -0.4 is 4.90 Å². The minimum absolute atomic E-state index is 0.376. The van der Waals surface area contributed by atoms with E-state index < -0.39 is 5.60 Å². The van der Waals surface area contributed by atoms with Crippen molar-refractivity contribution in [2.75, 3.05) is 11.4 Å². The third-order valence-corrected chi connectivity index (χ3v) is 3.15. The van der Waals surface area contributed by atoms with Gasteiger partial charge in [-0.1, -0.05) is 36.4 Å². The predicted molar refractivity (Wildman–Crippen MR) is 91.0 cm³/mol. The molecule has 0 radical (unpaired) electrons. The van der Waals surface area contributed by atoms with Crippen molar-refractivity contribution in [3.63, 3.8) is 0 Å². The summed E-state index contributed by atoms with van der Waals surface area (Å²) in [5, 5.41) is 2.09. The van der Waals surface area contributed by atoms with Gasteiger partial charge in [0, 0.05) is 18.4 Å². The smallest absolute Gasteiger partial charge is 0.414 e. The fourth-order valence-corrected chi connectivity index (χ4v) is 2.25. The van der Waals surface area contributed by atoms with E-state index in [0.29, 0.717) is 13.0 Å². The summed E-state index contributed by atoms with van der Waals surface area (Å²) in [5.41, 5.74) is 0.276. The zero-order valence-electron chi connectivity index (χ0n) is 13.3. The predicted octanol–water partition coefficient (Wildman–Crippen LogP) is 4.60. The van der Waals surface area contributed by atoms with Crippen LogP contribution >= 0.6 is 0 Å². The molecule has 0 saturated carbocycles. The van der Waals surface area contributed by atoms with Gasteiger partial charge >= 0.3 is 6.09 Å². The normalized spacial score (nSPS) is 11.0. The minimum Gasteiger partial charge on any atom is -0.443 e. The van der Waals surface area contributed by atoms with Crippen molar-refractivity contribution < 1.29 is 9.53 Å². The molecule has 0 fully saturated rings. The summed E-state index contributed by atoms with van der Waals surface area (Å²) < 4.78 is 5.52. The monoisotopic (exact) mass is 295 g/mol. The molecule has 22 heavy (non-hydrogen) atoms. The summed E-state index contributed by atoms with van der Waals surface area (Å²) in [6.07, 6.45) is 5.46. The molecule has 1 amide bonds. The summed E-state index contributed by atoms with van der Waals surface area (Å²) in [6, 6.07) is 13.8. The maximum atomic E-state index is 12.5. The van der Waals surface area contributed by atoms with E-state index in [1.54, 1.807) is 4.90 Å². The van der Waals surface area contributed by atoms with Gasteiger partial charge in [0.15, 0.2) is 0 Å². The lowest BCUT2D eigenvalue weighted by Crippen LogP contribution is -2.37. The van der Waals surface area contributed by atoms with Gasteiger partial charge in [0.2, 0.25) is 0 Å². The van der Waals surface area contributed by atoms with Gasteiger partial charge in [-0.2, -0.15) is 0 Å². The molecule has 0 aliphatic rings. The van der Waals surface area contributed by atoms with Gasteiger partial charge in [-0.3, -0.25) is 4.90 Å². The highest BCUT2D eigenvalue weighted by atomic mass is 16.6. The van der Waals surface area contributed by atoms with E-state index in [1.165, 1.54) is 0 Å². The van der Waals surface area contributed by atoms with Crippen LogP contribution in [0.15, 0.2) is 42.5 Å². The molecule has 0 heterocycles. The number of fused-ring (bicyclic) bond motifs is 1. The standard InChI is InChI=1S/C19H21NO2/c1-5-6-14-20(18(21)22-19(2,3)4)17-13-9-11-15-10-7-8-12-16(15)17/h1,7-13H,6,14H2,2-4H3. The molecule has 0 aliphatic carbocycles. The van der Waals surface area contributed by atoms with Gasteiger partial charge in [0.1, 0.15) is 5.60 Å². The average Bonchev–Trinajstić information content (AvgIpc) is 2.46. The highest BCUT2D eigenvalue weighted by Gasteiger charge is 2.24. The van der Waals surface area contributed by atoms with E-state index in [2.05, 4.69) is 5.92 Å². The number of carbonyl (C=O) groups excluding carboxylic acids is 1. The molecule has 3 nitrogen and oxygen atoms in total. The maximum absolute atomic E-state index is 12.5. The highest BCUT2D eigenvalue weighted by molar-refractivity contribution is 6.01. The number of benzene rings is 2. The van der Waals surface area contributed by atoms with Crippen LogP contribution in [-0.4, -0.2) is 18.2 Å². The molecule has 2 rings (SSSR count). The second-order valence-corrected chi connectivity index (χ2v) is 6.08. The van der Waals surface area contributed by atoms with E-state index in [4.69, 9.17) is 11.2 Å². The third-order valence-electron chi connectivity index (χ3n) is 3.15.